The fourth-order valence-corrected chi connectivity index (χ4v) is 4.20. The standard InChI is InChI=1S/C22H13ClF5N4O3Se/c1-31(15-5-3-12(24)17(23)18(15)25)19(33)16-8-29-21(35)32(16)9-2-4-13-10(6-9)11(22(26,27)28)7-14(30-13)20(34)36/h2-7,16H,8H2,1H3,(H,29,35)/t16-/m0/s1. The van der Waals surface area contributed by atoms with Crippen LogP contribution in [-0.4, -0.2) is 57.3 Å². The number of pyridine rings is 1. The average molecular weight is 591 g/mol. The number of halogens is 6. The van der Waals surface area contributed by atoms with Gasteiger partial charge >= 0.3 is 164 Å². The third-order valence-corrected chi connectivity index (χ3v) is 6.34. The van der Waals surface area contributed by atoms with Crippen molar-refractivity contribution in [3.8, 4) is 0 Å². The van der Waals surface area contributed by atoms with Gasteiger partial charge in [-0.05, 0) is 12.1 Å². The Balaban J connectivity index is 1.77. The molecule has 14 heteroatoms. The van der Waals surface area contributed by atoms with Gasteiger partial charge in [0, 0.05) is 0 Å². The van der Waals surface area contributed by atoms with Crippen LogP contribution in [0.5, 0.6) is 0 Å². The molecule has 3 aromatic rings. The van der Waals surface area contributed by atoms with Gasteiger partial charge in [-0.15, -0.1) is 0 Å². The summed E-state index contributed by atoms with van der Waals surface area (Å²) < 4.78 is 68.5. The van der Waals surface area contributed by atoms with Crippen LogP contribution in [0.3, 0.4) is 0 Å². The van der Waals surface area contributed by atoms with E-state index in [0.717, 1.165) is 28.0 Å². The fourth-order valence-electron chi connectivity index (χ4n) is 3.82. The molecule has 1 aliphatic rings. The summed E-state index contributed by atoms with van der Waals surface area (Å²) in [5, 5.41) is 1.20. The molecule has 7 nitrogen and oxygen atoms in total. The zero-order valence-electron chi connectivity index (χ0n) is 18.0. The summed E-state index contributed by atoms with van der Waals surface area (Å²) in [6, 6.07) is 3.86. The number of alkyl halides is 3. The number of amides is 3. The number of carbonyl (C=O) groups is 3. The van der Waals surface area contributed by atoms with Crippen molar-refractivity contribution in [2.45, 2.75) is 12.2 Å². The topological polar surface area (TPSA) is 82.6 Å². The molecule has 1 N–H and O–H groups in total. The van der Waals surface area contributed by atoms with Crippen molar-refractivity contribution in [3.05, 3.63) is 64.3 Å². The second-order valence-corrected chi connectivity index (χ2v) is 8.86. The summed E-state index contributed by atoms with van der Waals surface area (Å²) in [6.07, 6.45) is -4.86. The van der Waals surface area contributed by atoms with E-state index in [1.54, 1.807) is 0 Å². The van der Waals surface area contributed by atoms with Crippen LogP contribution in [0.25, 0.3) is 10.9 Å². The number of carbonyl (C=O) groups excluding carboxylic acids is 3. The van der Waals surface area contributed by atoms with E-state index in [4.69, 9.17) is 11.6 Å². The summed E-state index contributed by atoms with van der Waals surface area (Å²) in [5.41, 5.74) is -2.18. The molecule has 0 saturated carbocycles. The van der Waals surface area contributed by atoms with Crippen LogP contribution < -0.4 is 15.1 Å². The number of nitrogens with one attached hydrogen (secondary N) is 1. The average Bonchev–Trinajstić information content (AvgIpc) is 3.21. The molecule has 187 valence electrons. The van der Waals surface area contributed by atoms with Gasteiger partial charge in [-0.2, -0.15) is 0 Å². The zero-order chi connectivity index (χ0) is 26.5. The van der Waals surface area contributed by atoms with E-state index >= 15 is 0 Å². The van der Waals surface area contributed by atoms with Crippen LogP contribution in [0.2, 0.25) is 5.02 Å². The van der Waals surface area contributed by atoms with Gasteiger partial charge in [0.15, 0.2) is 5.82 Å². The first-order chi connectivity index (χ1) is 16.8. The minimum Gasteiger partial charge on any atom is -0.205 e. The van der Waals surface area contributed by atoms with Crippen molar-refractivity contribution in [1.82, 2.24) is 10.3 Å². The zero-order valence-corrected chi connectivity index (χ0v) is 20.5. The van der Waals surface area contributed by atoms with Gasteiger partial charge in [0.1, 0.15) is 10.8 Å². The Morgan fingerprint density at radius 1 is 1.19 bits per heavy atom. The van der Waals surface area contributed by atoms with E-state index in [0.29, 0.717) is 6.07 Å². The maximum atomic E-state index is 14.5. The third-order valence-electron chi connectivity index (χ3n) is 5.55. The third kappa shape index (κ3) is 4.49. The first kappa shape index (κ1) is 25.8. The number of hydrogen-bond donors (Lipinski definition) is 1. The van der Waals surface area contributed by atoms with Crippen molar-refractivity contribution in [2.75, 3.05) is 23.4 Å². The molecule has 0 unspecified atom stereocenters. The van der Waals surface area contributed by atoms with Gasteiger partial charge in [-0.25, -0.2) is 8.78 Å². The van der Waals surface area contributed by atoms with E-state index in [2.05, 4.69) is 26.3 Å². The molecule has 1 radical (unpaired) electrons. The Labute approximate surface area is 213 Å². The summed E-state index contributed by atoms with van der Waals surface area (Å²) in [6.45, 7) is -0.236. The molecule has 0 aliphatic carbocycles. The van der Waals surface area contributed by atoms with Crippen LogP contribution in [0.15, 0.2) is 36.4 Å². The Hall–Kier alpha value is -3.28. The molecule has 4 rings (SSSR count). The van der Waals surface area contributed by atoms with Crippen molar-refractivity contribution in [1.29, 1.82) is 0 Å². The van der Waals surface area contributed by atoms with Crippen LogP contribution >= 0.6 is 11.6 Å². The Kier molecular flexibility index (Phi) is 6.67. The number of nitrogens with zero attached hydrogens (tertiary/aromatic N) is 3. The van der Waals surface area contributed by atoms with Crippen LogP contribution in [0.1, 0.15) is 16.1 Å². The molecular weight excluding hydrogens is 578 g/mol. The van der Waals surface area contributed by atoms with E-state index in [1.165, 1.54) is 19.2 Å². The number of anilines is 2. The minimum absolute atomic E-state index is 0.0729. The molecule has 1 atom stereocenters. The number of likely N-dealkylation sites (N-methyl/N-ethyl adjacent to an activating group) is 1. The Morgan fingerprint density at radius 2 is 1.89 bits per heavy atom. The first-order valence-electron chi connectivity index (χ1n) is 10.0. The number of urea groups is 1. The minimum atomic E-state index is -4.86. The molecule has 1 saturated heterocycles. The molecule has 0 bridgehead atoms. The molecule has 0 spiro atoms. The van der Waals surface area contributed by atoms with Crippen molar-refractivity contribution < 1.29 is 36.3 Å². The smallest absolute Gasteiger partial charge is 0.205 e. The van der Waals surface area contributed by atoms with Gasteiger partial charge in [0.05, 0.1) is 0 Å². The normalized spacial score (nSPS) is 15.8. The summed E-state index contributed by atoms with van der Waals surface area (Å²) in [4.78, 5) is 43.1. The monoisotopic (exact) mass is 591 g/mol. The maximum absolute atomic E-state index is 14.5. The second-order valence-electron chi connectivity index (χ2n) is 7.71. The summed E-state index contributed by atoms with van der Waals surface area (Å²) >= 11 is 7.68. The molecule has 1 fully saturated rings. The number of hydrogen-bond acceptors (Lipinski definition) is 4. The number of fused-ring (bicyclic) bond motifs is 1. The molecule has 3 amide bonds. The van der Waals surface area contributed by atoms with Crippen molar-refractivity contribution in [2.24, 2.45) is 0 Å². The predicted molar refractivity (Wildman–Crippen MR) is 121 cm³/mol. The quantitative estimate of drug-likeness (QED) is 0.282. The Bertz CT molecular complexity index is 1440. The van der Waals surface area contributed by atoms with E-state index in [-0.39, 0.29) is 23.4 Å². The summed E-state index contributed by atoms with van der Waals surface area (Å²) in [5.74, 6) is -3.04. The van der Waals surface area contributed by atoms with Crippen molar-refractivity contribution >= 4 is 66.5 Å². The van der Waals surface area contributed by atoms with Crippen LogP contribution in [-0.2, 0) is 11.0 Å². The molecule has 1 aliphatic heterocycles. The SMILES string of the molecule is CN(C(=O)[C@@H]1CNC(=O)N1c1ccc2nc(C(=O)[Se])cc(C(F)(F)F)c2c1)c1ccc(F)c(Cl)c1F. The fraction of sp³-hybridized carbons (Fsp3) is 0.182. The summed E-state index contributed by atoms with van der Waals surface area (Å²) in [7, 11) is 1.18. The number of aromatic nitrogens is 1. The number of benzene rings is 2. The second kappa shape index (κ2) is 9.30. The van der Waals surface area contributed by atoms with Gasteiger partial charge in [-0.3, -0.25) is 0 Å². The van der Waals surface area contributed by atoms with E-state index in [9.17, 15) is 36.3 Å². The van der Waals surface area contributed by atoms with E-state index in [1.807, 2.05) is 0 Å². The molecular formula is C22H13ClF5N4O3Se. The molecule has 1 aromatic heterocycles. The van der Waals surface area contributed by atoms with Gasteiger partial charge < -0.3 is 0 Å². The van der Waals surface area contributed by atoms with Gasteiger partial charge in [0.2, 0.25) is 0 Å². The molecule has 2 heterocycles. The van der Waals surface area contributed by atoms with Gasteiger partial charge in [-0.1, -0.05) is 11.6 Å². The molecule has 36 heavy (non-hydrogen) atoms. The first-order valence-corrected chi connectivity index (χ1v) is 11.3. The predicted octanol–water partition coefficient (Wildman–Crippen LogP) is 4.06. The van der Waals surface area contributed by atoms with Gasteiger partial charge in [0.25, 0.3) is 0 Å². The number of rotatable bonds is 4. The van der Waals surface area contributed by atoms with E-state index < -0.39 is 62.1 Å². The van der Waals surface area contributed by atoms with Crippen molar-refractivity contribution in [3.63, 3.8) is 0 Å². The molecule has 2 aromatic carbocycles. The van der Waals surface area contributed by atoms with Crippen LogP contribution in [0.4, 0.5) is 38.1 Å². The Morgan fingerprint density at radius 3 is 2.53 bits per heavy atom. The van der Waals surface area contributed by atoms with Crippen LogP contribution in [0, 0.1) is 11.6 Å².